The van der Waals surface area contributed by atoms with Gasteiger partial charge in [0, 0.05) is 12.8 Å². The zero-order chi connectivity index (χ0) is 16.8. The summed E-state index contributed by atoms with van der Waals surface area (Å²) in [6.07, 6.45) is 15.5. The van der Waals surface area contributed by atoms with Crippen molar-refractivity contribution in [3.05, 3.63) is 4.85 Å². The van der Waals surface area contributed by atoms with Crippen molar-refractivity contribution in [2.24, 2.45) is 0 Å². The maximum Gasteiger partial charge on any atom is 0.269 e. The molecule has 0 aromatic rings. The van der Waals surface area contributed by atoms with Gasteiger partial charge >= 0.3 is 0 Å². The Balaban J connectivity index is 0.000000593. The van der Waals surface area contributed by atoms with Crippen molar-refractivity contribution in [3.8, 4) is 6.07 Å². The molecule has 0 N–H and O–H groups in total. The van der Waals surface area contributed by atoms with Crippen LogP contribution in [-0.2, 0) is 0 Å². The third-order valence-corrected chi connectivity index (χ3v) is 4.92. The normalized spacial score (nSPS) is 17.4. The largest absolute Gasteiger partial charge is 0.269 e. The van der Waals surface area contributed by atoms with Crippen LogP contribution in [-0.4, -0.2) is 48.5 Å². The first-order chi connectivity index (χ1) is 11.3. The molecule has 0 saturated carbocycles. The SMILES string of the molecule is CC#[N+]C.CCCCCCCCN1CCC[N+]2=C1CCCCC2. The van der Waals surface area contributed by atoms with Gasteiger partial charge in [-0.15, -0.1) is 0 Å². The van der Waals surface area contributed by atoms with E-state index in [0.29, 0.717) is 0 Å². The molecular weight excluding hydrogens is 282 g/mol. The number of nitrogens with zero attached hydrogens (tertiary/aromatic N) is 3. The van der Waals surface area contributed by atoms with Gasteiger partial charge in [-0.1, -0.05) is 37.5 Å². The van der Waals surface area contributed by atoms with Crippen LogP contribution in [0.25, 0.3) is 4.85 Å². The minimum atomic E-state index is 1.32. The molecule has 3 heteroatoms. The van der Waals surface area contributed by atoms with Crippen LogP contribution >= 0.6 is 0 Å². The Hall–Kier alpha value is -1.04. The maximum absolute atomic E-state index is 3.49. The molecule has 132 valence electrons. The molecule has 0 spiro atoms. The van der Waals surface area contributed by atoms with Gasteiger partial charge in [0.05, 0.1) is 33.1 Å². The second-order valence-corrected chi connectivity index (χ2v) is 6.77. The van der Waals surface area contributed by atoms with Gasteiger partial charge in [-0.05, 0) is 32.1 Å². The lowest BCUT2D eigenvalue weighted by Gasteiger charge is -2.26. The van der Waals surface area contributed by atoms with Crippen LogP contribution in [0.4, 0.5) is 0 Å². The highest BCUT2D eigenvalue weighted by Gasteiger charge is 2.27. The fraction of sp³-hybridized carbons (Fsp3) is 0.900. The van der Waals surface area contributed by atoms with Crippen molar-refractivity contribution in [1.82, 2.24) is 4.90 Å². The van der Waals surface area contributed by atoms with Gasteiger partial charge < -0.3 is 0 Å². The summed E-state index contributed by atoms with van der Waals surface area (Å²) in [5, 5.41) is 0. The molecular formula is C20H39N3+2. The highest BCUT2D eigenvalue weighted by Crippen LogP contribution is 2.16. The van der Waals surface area contributed by atoms with Crippen LogP contribution in [0.15, 0.2) is 0 Å². The molecule has 0 amide bonds. The molecule has 0 aliphatic carbocycles. The summed E-state index contributed by atoms with van der Waals surface area (Å²) in [4.78, 5) is 6.20. The molecule has 2 heterocycles. The summed E-state index contributed by atoms with van der Waals surface area (Å²) < 4.78 is 2.69. The summed E-state index contributed by atoms with van der Waals surface area (Å²) in [7, 11) is 1.69. The second kappa shape index (κ2) is 13.4. The minimum absolute atomic E-state index is 1.32. The van der Waals surface area contributed by atoms with E-state index in [9.17, 15) is 0 Å². The Morgan fingerprint density at radius 2 is 1.70 bits per heavy atom. The number of hydrogen-bond acceptors (Lipinski definition) is 1. The molecule has 2 aliphatic heterocycles. The Morgan fingerprint density at radius 1 is 1.00 bits per heavy atom. The Labute approximate surface area is 144 Å². The van der Waals surface area contributed by atoms with Crippen molar-refractivity contribution >= 4 is 5.84 Å². The quantitative estimate of drug-likeness (QED) is 0.474. The average molecular weight is 322 g/mol. The van der Waals surface area contributed by atoms with Crippen molar-refractivity contribution in [2.75, 3.05) is 33.2 Å². The zero-order valence-corrected chi connectivity index (χ0v) is 15.9. The summed E-state index contributed by atoms with van der Waals surface area (Å²) in [6, 6.07) is 2.56. The molecule has 0 aromatic heterocycles. The fourth-order valence-electron chi connectivity index (χ4n) is 3.55. The Kier molecular flexibility index (Phi) is 11.7. The number of amidine groups is 1. The molecule has 2 rings (SSSR count). The monoisotopic (exact) mass is 321 g/mol. The van der Waals surface area contributed by atoms with E-state index in [0.717, 1.165) is 0 Å². The van der Waals surface area contributed by atoms with Crippen molar-refractivity contribution < 1.29 is 4.58 Å². The Morgan fingerprint density at radius 3 is 2.43 bits per heavy atom. The predicted molar refractivity (Wildman–Crippen MR) is 102 cm³/mol. The van der Waals surface area contributed by atoms with Crippen molar-refractivity contribution in [3.63, 3.8) is 0 Å². The van der Waals surface area contributed by atoms with E-state index in [-0.39, 0.29) is 0 Å². The highest BCUT2D eigenvalue weighted by molar-refractivity contribution is 5.77. The first kappa shape index (κ1) is 20.0. The summed E-state index contributed by atoms with van der Waals surface area (Å²) in [5.74, 6) is 1.69. The standard InChI is InChI=1S/C17H33N2.C3H6N/c1-2-3-4-5-6-9-13-18-15-11-16-19-14-10-7-8-12-17(18)19;1-3-4-2/h2-16H2,1H3;1-2H3/q2*+1. The van der Waals surface area contributed by atoms with Gasteiger partial charge in [0.25, 0.3) is 13.1 Å². The first-order valence-corrected chi connectivity index (χ1v) is 9.94. The van der Waals surface area contributed by atoms with E-state index >= 15 is 0 Å². The molecule has 3 nitrogen and oxygen atoms in total. The van der Waals surface area contributed by atoms with E-state index in [4.69, 9.17) is 0 Å². The lowest BCUT2D eigenvalue weighted by molar-refractivity contribution is -0.539. The first-order valence-electron chi connectivity index (χ1n) is 9.94. The number of hydrogen-bond donors (Lipinski definition) is 0. The van der Waals surface area contributed by atoms with Crippen LogP contribution < -0.4 is 0 Å². The number of rotatable bonds is 7. The highest BCUT2D eigenvalue weighted by atomic mass is 15.3. The van der Waals surface area contributed by atoms with Gasteiger partial charge in [0.2, 0.25) is 5.84 Å². The predicted octanol–water partition coefficient (Wildman–Crippen LogP) is 5.01. The van der Waals surface area contributed by atoms with Crippen molar-refractivity contribution in [1.29, 1.82) is 0 Å². The van der Waals surface area contributed by atoms with Gasteiger partial charge in [-0.2, -0.15) is 0 Å². The fourth-order valence-corrected chi connectivity index (χ4v) is 3.55. The minimum Gasteiger partial charge on any atom is -0.266 e. The summed E-state index contributed by atoms with van der Waals surface area (Å²) in [5.41, 5.74) is 0. The van der Waals surface area contributed by atoms with E-state index in [1.165, 1.54) is 96.8 Å². The third kappa shape index (κ3) is 8.39. The van der Waals surface area contributed by atoms with Crippen LogP contribution in [0.3, 0.4) is 0 Å². The van der Waals surface area contributed by atoms with Crippen LogP contribution in [0.1, 0.15) is 84.5 Å². The van der Waals surface area contributed by atoms with Gasteiger partial charge in [0.15, 0.2) is 0 Å². The molecule has 0 bridgehead atoms. The van der Waals surface area contributed by atoms with Crippen molar-refractivity contribution in [2.45, 2.75) is 84.5 Å². The van der Waals surface area contributed by atoms with E-state index < -0.39 is 0 Å². The number of unbranched alkanes of at least 4 members (excludes halogenated alkanes) is 5. The van der Waals surface area contributed by atoms with E-state index in [1.54, 1.807) is 19.8 Å². The van der Waals surface area contributed by atoms with Gasteiger partial charge in [-0.3, -0.25) is 9.48 Å². The second-order valence-electron chi connectivity index (χ2n) is 6.77. The molecule has 0 atom stereocenters. The Bertz CT molecular complexity index is 383. The lowest BCUT2D eigenvalue weighted by atomic mass is 10.1. The summed E-state index contributed by atoms with van der Waals surface area (Å²) in [6.45, 7) is 9.34. The van der Waals surface area contributed by atoms with E-state index in [1.807, 2.05) is 0 Å². The van der Waals surface area contributed by atoms with Gasteiger partial charge in [0.1, 0.15) is 0 Å². The van der Waals surface area contributed by atoms with Gasteiger partial charge in [-0.25, -0.2) is 0 Å². The smallest absolute Gasteiger partial charge is 0.266 e. The van der Waals surface area contributed by atoms with E-state index in [2.05, 4.69) is 27.3 Å². The molecule has 2 aliphatic rings. The van der Waals surface area contributed by atoms with Crippen LogP contribution in [0.2, 0.25) is 0 Å². The summed E-state index contributed by atoms with van der Waals surface area (Å²) >= 11 is 0. The molecule has 0 fully saturated rings. The third-order valence-electron chi connectivity index (χ3n) is 4.92. The average Bonchev–Trinajstić information content (AvgIpc) is 2.84. The maximum atomic E-state index is 3.49. The van der Waals surface area contributed by atoms with Crippen LogP contribution in [0, 0.1) is 6.07 Å². The topological polar surface area (TPSA) is 10.6 Å². The van der Waals surface area contributed by atoms with Crippen LogP contribution in [0.5, 0.6) is 0 Å². The molecule has 0 unspecified atom stereocenters. The zero-order valence-electron chi connectivity index (χ0n) is 15.9. The molecule has 0 saturated heterocycles. The molecule has 0 radical (unpaired) electrons. The molecule has 23 heavy (non-hydrogen) atoms. The molecule has 0 aromatic carbocycles. The lowest BCUT2D eigenvalue weighted by Crippen LogP contribution is -2.44.